The molecule has 0 radical (unpaired) electrons. The van der Waals surface area contributed by atoms with Gasteiger partial charge in [0.15, 0.2) is 0 Å². The minimum atomic E-state index is -0.977. The van der Waals surface area contributed by atoms with Crippen molar-refractivity contribution in [1.82, 2.24) is 10.6 Å². The lowest BCUT2D eigenvalue weighted by atomic mass is 9.79. The van der Waals surface area contributed by atoms with Crippen molar-refractivity contribution in [3.05, 3.63) is 35.4 Å². The molecular weight excluding hydrogens is 280 g/mol. The lowest BCUT2D eigenvalue weighted by Crippen LogP contribution is -2.49. The van der Waals surface area contributed by atoms with E-state index in [0.717, 1.165) is 24.8 Å². The number of ether oxygens (including phenoxy) is 1. The van der Waals surface area contributed by atoms with Gasteiger partial charge in [-0.05, 0) is 36.8 Å². The second kappa shape index (κ2) is 7.61. The van der Waals surface area contributed by atoms with Crippen LogP contribution in [0.2, 0.25) is 0 Å². The van der Waals surface area contributed by atoms with Gasteiger partial charge in [-0.3, -0.25) is 0 Å². The predicted octanol–water partition coefficient (Wildman–Crippen LogP) is 1.93. The molecule has 0 saturated heterocycles. The Morgan fingerprint density at radius 3 is 2.95 bits per heavy atom. The number of aliphatic hydroxyl groups is 1. The molecule has 122 valence electrons. The van der Waals surface area contributed by atoms with E-state index < -0.39 is 5.60 Å². The van der Waals surface area contributed by atoms with Crippen LogP contribution in [0, 0.1) is 0 Å². The molecule has 0 aromatic heterocycles. The van der Waals surface area contributed by atoms with Crippen molar-refractivity contribution in [2.24, 2.45) is 0 Å². The van der Waals surface area contributed by atoms with Crippen LogP contribution in [0.25, 0.3) is 0 Å². The summed E-state index contributed by atoms with van der Waals surface area (Å²) in [4.78, 5) is 12.0. The minimum absolute atomic E-state index is 0.0155. The summed E-state index contributed by atoms with van der Waals surface area (Å²) in [5.74, 6) is 0. The highest BCUT2D eigenvalue weighted by molar-refractivity contribution is 5.74. The Labute approximate surface area is 132 Å². The molecule has 0 spiro atoms. The summed E-state index contributed by atoms with van der Waals surface area (Å²) < 4.78 is 5.06. The van der Waals surface area contributed by atoms with E-state index in [0.29, 0.717) is 13.0 Å². The molecule has 0 saturated carbocycles. The minimum Gasteiger partial charge on any atom is -0.383 e. The average molecular weight is 306 g/mol. The number of aryl methyl sites for hydroxylation is 1. The molecule has 2 atom stereocenters. The van der Waals surface area contributed by atoms with E-state index in [9.17, 15) is 9.90 Å². The Hall–Kier alpha value is -1.59. The largest absolute Gasteiger partial charge is 0.383 e. The molecule has 1 aromatic carbocycles. The predicted molar refractivity (Wildman–Crippen MR) is 85.8 cm³/mol. The zero-order chi connectivity index (χ0) is 16.0. The van der Waals surface area contributed by atoms with Crippen LogP contribution in [0.15, 0.2) is 24.3 Å². The number of rotatable bonds is 6. The van der Waals surface area contributed by atoms with E-state index >= 15 is 0 Å². The van der Waals surface area contributed by atoms with Gasteiger partial charge < -0.3 is 20.5 Å². The first-order valence-electron chi connectivity index (χ1n) is 7.93. The summed E-state index contributed by atoms with van der Waals surface area (Å²) in [5, 5.41) is 16.6. The third-order valence-corrected chi connectivity index (χ3v) is 4.29. The highest BCUT2D eigenvalue weighted by atomic mass is 16.5. The monoisotopic (exact) mass is 306 g/mol. The van der Waals surface area contributed by atoms with Crippen LogP contribution in [0.5, 0.6) is 0 Å². The van der Waals surface area contributed by atoms with Crippen LogP contribution in [0.1, 0.15) is 37.3 Å². The molecule has 0 bridgehead atoms. The van der Waals surface area contributed by atoms with Gasteiger partial charge in [0.2, 0.25) is 0 Å². The van der Waals surface area contributed by atoms with Crippen LogP contribution in [-0.2, 0) is 16.8 Å². The maximum atomic E-state index is 12.0. The fourth-order valence-electron chi connectivity index (χ4n) is 3.01. The van der Waals surface area contributed by atoms with Crippen LogP contribution in [-0.4, -0.2) is 37.4 Å². The first-order chi connectivity index (χ1) is 10.6. The highest BCUT2D eigenvalue weighted by Gasteiger charge is 2.34. The van der Waals surface area contributed by atoms with Gasteiger partial charge in [0.05, 0.1) is 19.2 Å². The molecule has 0 heterocycles. The summed E-state index contributed by atoms with van der Waals surface area (Å²) in [5.41, 5.74) is 1.13. The van der Waals surface area contributed by atoms with Gasteiger partial charge >= 0.3 is 6.03 Å². The smallest absolute Gasteiger partial charge is 0.315 e. The molecule has 22 heavy (non-hydrogen) atoms. The molecular formula is C17H26N2O3. The van der Waals surface area contributed by atoms with E-state index in [1.807, 2.05) is 31.2 Å². The van der Waals surface area contributed by atoms with Crippen molar-refractivity contribution in [3.63, 3.8) is 0 Å². The Bertz CT molecular complexity index is 506. The number of urea groups is 1. The molecule has 5 nitrogen and oxygen atoms in total. The second-order valence-corrected chi connectivity index (χ2v) is 5.93. The number of methoxy groups -OCH3 is 1. The molecule has 2 amide bonds. The molecule has 2 rings (SSSR count). The molecule has 2 unspecified atom stereocenters. The number of nitrogens with one attached hydrogen (secondary N) is 2. The molecule has 5 heteroatoms. The third kappa shape index (κ3) is 3.99. The lowest BCUT2D eigenvalue weighted by molar-refractivity contribution is 0.0215. The maximum absolute atomic E-state index is 12.0. The summed E-state index contributed by atoms with van der Waals surface area (Å²) >= 11 is 0. The van der Waals surface area contributed by atoms with Gasteiger partial charge in [0.1, 0.15) is 5.60 Å². The Balaban J connectivity index is 1.95. The van der Waals surface area contributed by atoms with E-state index in [-0.39, 0.29) is 18.6 Å². The van der Waals surface area contributed by atoms with Crippen LogP contribution in [0.4, 0.5) is 4.79 Å². The van der Waals surface area contributed by atoms with Gasteiger partial charge in [-0.15, -0.1) is 0 Å². The fraction of sp³-hybridized carbons (Fsp3) is 0.588. The van der Waals surface area contributed by atoms with Gasteiger partial charge in [-0.2, -0.15) is 0 Å². The summed E-state index contributed by atoms with van der Waals surface area (Å²) in [6.45, 7) is 2.70. The SMILES string of the molecule is CCC(COC)NC(=O)NCC1(O)CCCc2ccccc21. The lowest BCUT2D eigenvalue weighted by Gasteiger charge is -2.34. The van der Waals surface area contributed by atoms with Crippen molar-refractivity contribution in [2.75, 3.05) is 20.3 Å². The number of hydrogen-bond acceptors (Lipinski definition) is 3. The first-order valence-corrected chi connectivity index (χ1v) is 7.93. The quantitative estimate of drug-likeness (QED) is 0.752. The summed E-state index contributed by atoms with van der Waals surface area (Å²) in [6, 6.07) is 7.64. The standard InChI is InChI=1S/C17H26N2O3/c1-3-14(11-22-2)19-16(20)18-12-17(21)10-6-8-13-7-4-5-9-15(13)17/h4-5,7,9,14,21H,3,6,8,10-12H2,1-2H3,(H2,18,19,20). The normalized spacial score (nSPS) is 21.8. The van der Waals surface area contributed by atoms with Crippen molar-refractivity contribution in [1.29, 1.82) is 0 Å². The van der Waals surface area contributed by atoms with Crippen molar-refractivity contribution < 1.29 is 14.6 Å². The number of hydrogen-bond donors (Lipinski definition) is 3. The number of fused-ring (bicyclic) bond motifs is 1. The Morgan fingerprint density at radius 1 is 1.45 bits per heavy atom. The first kappa shape index (κ1) is 16.8. The molecule has 0 aliphatic heterocycles. The summed E-state index contributed by atoms with van der Waals surface area (Å²) in [7, 11) is 1.62. The van der Waals surface area contributed by atoms with Crippen LogP contribution < -0.4 is 10.6 Å². The zero-order valence-corrected chi connectivity index (χ0v) is 13.4. The fourth-order valence-corrected chi connectivity index (χ4v) is 3.01. The number of amides is 2. The van der Waals surface area contributed by atoms with Gasteiger partial charge in [0.25, 0.3) is 0 Å². The van der Waals surface area contributed by atoms with Crippen LogP contribution >= 0.6 is 0 Å². The number of carbonyl (C=O) groups excluding carboxylic acids is 1. The van der Waals surface area contributed by atoms with E-state index in [2.05, 4.69) is 10.6 Å². The van der Waals surface area contributed by atoms with E-state index in [4.69, 9.17) is 4.74 Å². The third-order valence-electron chi connectivity index (χ3n) is 4.29. The van der Waals surface area contributed by atoms with Gasteiger partial charge in [0, 0.05) is 7.11 Å². The molecule has 3 N–H and O–H groups in total. The average Bonchev–Trinajstić information content (AvgIpc) is 2.53. The Kier molecular flexibility index (Phi) is 5.80. The molecule has 1 aliphatic rings. The van der Waals surface area contributed by atoms with Crippen molar-refractivity contribution in [2.45, 2.75) is 44.2 Å². The zero-order valence-electron chi connectivity index (χ0n) is 13.4. The molecule has 1 aliphatic carbocycles. The van der Waals surface area contributed by atoms with Gasteiger partial charge in [-0.1, -0.05) is 31.2 Å². The van der Waals surface area contributed by atoms with Crippen LogP contribution in [0.3, 0.4) is 0 Å². The molecule has 1 aromatic rings. The molecule has 0 fully saturated rings. The summed E-state index contributed by atoms with van der Waals surface area (Å²) in [6.07, 6.45) is 3.38. The van der Waals surface area contributed by atoms with E-state index in [1.54, 1.807) is 7.11 Å². The number of benzene rings is 1. The topological polar surface area (TPSA) is 70.6 Å². The van der Waals surface area contributed by atoms with Gasteiger partial charge in [-0.25, -0.2) is 4.79 Å². The van der Waals surface area contributed by atoms with E-state index in [1.165, 1.54) is 5.56 Å². The highest BCUT2D eigenvalue weighted by Crippen LogP contribution is 2.34. The number of carbonyl (C=O) groups is 1. The maximum Gasteiger partial charge on any atom is 0.315 e. The second-order valence-electron chi connectivity index (χ2n) is 5.93. The van der Waals surface area contributed by atoms with Crippen molar-refractivity contribution in [3.8, 4) is 0 Å². The van der Waals surface area contributed by atoms with Crippen molar-refractivity contribution >= 4 is 6.03 Å². The Morgan fingerprint density at radius 2 is 2.23 bits per heavy atom.